The van der Waals surface area contributed by atoms with Gasteiger partial charge in [-0.3, -0.25) is 4.79 Å². The molecule has 10 heteroatoms. The minimum Gasteiger partial charge on any atom is -0.495 e. The second kappa shape index (κ2) is 6.86. The Balaban J connectivity index is 1.89. The molecule has 1 aliphatic carbocycles. The number of nitrogens with one attached hydrogen (secondary N) is 2. The number of sulfonamides is 1. The fraction of sp³-hybridized carbons (Fsp3) is 0.500. The largest absolute Gasteiger partial charge is 0.495 e. The SMILES string of the molecule is COc1ccc(C(=O)NC2(C(=O)O)CCOC2)cc1S(=O)(=O)NC1CC1. The Kier molecular flexibility index (Phi) is 4.91. The number of amides is 1. The molecule has 9 nitrogen and oxygen atoms in total. The lowest BCUT2D eigenvalue weighted by Gasteiger charge is -2.24. The molecule has 0 spiro atoms. The molecule has 142 valence electrons. The van der Waals surface area contributed by atoms with E-state index in [1.807, 2.05) is 0 Å². The van der Waals surface area contributed by atoms with Crippen LogP contribution in [0.2, 0.25) is 0 Å². The Morgan fingerprint density at radius 1 is 1.35 bits per heavy atom. The topological polar surface area (TPSA) is 131 Å². The first-order valence-electron chi connectivity index (χ1n) is 8.11. The predicted molar refractivity (Wildman–Crippen MR) is 89.6 cm³/mol. The second-order valence-corrected chi connectivity index (χ2v) is 8.09. The Labute approximate surface area is 150 Å². The third-order valence-corrected chi connectivity index (χ3v) is 5.94. The molecule has 0 radical (unpaired) electrons. The summed E-state index contributed by atoms with van der Waals surface area (Å²) in [6.07, 6.45) is 1.67. The zero-order valence-corrected chi connectivity index (χ0v) is 15.0. The van der Waals surface area contributed by atoms with Crippen LogP contribution in [-0.2, 0) is 19.6 Å². The Hall–Kier alpha value is -2.17. The molecule has 1 amide bonds. The van der Waals surface area contributed by atoms with Crippen LogP contribution in [-0.4, -0.2) is 57.3 Å². The van der Waals surface area contributed by atoms with Gasteiger partial charge < -0.3 is 19.9 Å². The number of methoxy groups -OCH3 is 1. The van der Waals surface area contributed by atoms with Crippen LogP contribution in [0.3, 0.4) is 0 Å². The Bertz CT molecular complexity index is 827. The molecule has 1 saturated carbocycles. The summed E-state index contributed by atoms with van der Waals surface area (Å²) >= 11 is 0. The van der Waals surface area contributed by atoms with Crippen molar-refractivity contribution in [3.63, 3.8) is 0 Å². The van der Waals surface area contributed by atoms with Crippen LogP contribution in [0.5, 0.6) is 5.75 Å². The minimum atomic E-state index is -3.85. The molecule has 1 atom stereocenters. The molecular formula is C16H20N2O7S. The predicted octanol–water partition coefficient (Wildman–Crippen LogP) is 0.109. The molecule has 3 rings (SSSR count). The van der Waals surface area contributed by atoms with E-state index < -0.39 is 27.4 Å². The van der Waals surface area contributed by atoms with Crippen molar-refractivity contribution in [3.05, 3.63) is 23.8 Å². The standard InChI is InChI=1S/C16H20N2O7S/c1-24-12-5-2-10(8-13(12)26(22,23)18-11-3-4-11)14(19)17-16(15(20)21)6-7-25-9-16/h2,5,8,11,18H,3-4,6-7,9H2,1H3,(H,17,19)(H,20,21). The van der Waals surface area contributed by atoms with Gasteiger partial charge in [-0.2, -0.15) is 0 Å². The van der Waals surface area contributed by atoms with Crippen molar-refractivity contribution < 1.29 is 32.6 Å². The van der Waals surface area contributed by atoms with Gasteiger partial charge in [0.15, 0.2) is 5.54 Å². The number of hydrogen-bond acceptors (Lipinski definition) is 6. The van der Waals surface area contributed by atoms with Crippen molar-refractivity contribution in [2.45, 2.75) is 35.7 Å². The van der Waals surface area contributed by atoms with E-state index in [0.717, 1.165) is 12.8 Å². The van der Waals surface area contributed by atoms with Gasteiger partial charge in [-0.05, 0) is 31.0 Å². The second-order valence-electron chi connectivity index (χ2n) is 6.41. The van der Waals surface area contributed by atoms with Crippen molar-refractivity contribution in [1.29, 1.82) is 0 Å². The quantitative estimate of drug-likeness (QED) is 0.608. The number of hydrogen-bond donors (Lipinski definition) is 3. The van der Waals surface area contributed by atoms with E-state index in [-0.39, 0.29) is 41.9 Å². The van der Waals surface area contributed by atoms with Crippen LogP contribution in [0.15, 0.2) is 23.1 Å². The van der Waals surface area contributed by atoms with Gasteiger partial charge in [0.25, 0.3) is 5.91 Å². The number of rotatable bonds is 7. The third-order valence-electron chi connectivity index (χ3n) is 4.40. The number of aliphatic carboxylic acids is 1. The average molecular weight is 384 g/mol. The number of ether oxygens (including phenoxy) is 2. The highest BCUT2D eigenvalue weighted by Crippen LogP contribution is 2.29. The third kappa shape index (κ3) is 3.67. The fourth-order valence-electron chi connectivity index (χ4n) is 2.69. The van der Waals surface area contributed by atoms with Crippen LogP contribution in [0.25, 0.3) is 0 Å². The summed E-state index contributed by atoms with van der Waals surface area (Å²) in [5.74, 6) is -1.78. The Morgan fingerprint density at radius 3 is 2.62 bits per heavy atom. The first-order chi connectivity index (χ1) is 12.3. The van der Waals surface area contributed by atoms with Gasteiger partial charge in [-0.15, -0.1) is 0 Å². The highest BCUT2D eigenvalue weighted by Gasteiger charge is 2.44. The molecule has 0 aromatic heterocycles. The van der Waals surface area contributed by atoms with Crippen LogP contribution < -0.4 is 14.8 Å². The summed E-state index contributed by atoms with van der Waals surface area (Å²) < 4.78 is 37.8. The van der Waals surface area contributed by atoms with Gasteiger partial charge in [0.05, 0.1) is 13.7 Å². The number of carbonyl (C=O) groups is 2. The molecule has 1 heterocycles. The van der Waals surface area contributed by atoms with Gasteiger partial charge >= 0.3 is 5.97 Å². The maximum Gasteiger partial charge on any atom is 0.331 e. The highest BCUT2D eigenvalue weighted by atomic mass is 32.2. The smallest absolute Gasteiger partial charge is 0.331 e. The lowest BCUT2D eigenvalue weighted by molar-refractivity contribution is -0.144. The number of carbonyl (C=O) groups excluding carboxylic acids is 1. The van der Waals surface area contributed by atoms with Gasteiger partial charge in [0, 0.05) is 24.6 Å². The summed E-state index contributed by atoms with van der Waals surface area (Å²) in [7, 11) is -2.52. The Morgan fingerprint density at radius 2 is 2.08 bits per heavy atom. The lowest BCUT2D eigenvalue weighted by Crippen LogP contribution is -2.55. The molecule has 1 unspecified atom stereocenters. The molecule has 1 aromatic rings. The van der Waals surface area contributed by atoms with Crippen LogP contribution >= 0.6 is 0 Å². The maximum atomic E-state index is 12.5. The first-order valence-corrected chi connectivity index (χ1v) is 9.60. The number of benzene rings is 1. The monoisotopic (exact) mass is 384 g/mol. The zero-order valence-electron chi connectivity index (χ0n) is 14.1. The summed E-state index contributed by atoms with van der Waals surface area (Å²) in [5, 5.41) is 11.9. The maximum absolute atomic E-state index is 12.5. The van der Waals surface area contributed by atoms with Crippen molar-refractivity contribution in [2.75, 3.05) is 20.3 Å². The number of carboxylic acids is 1. The van der Waals surface area contributed by atoms with Gasteiger partial charge in [-0.1, -0.05) is 0 Å². The van der Waals surface area contributed by atoms with E-state index in [1.54, 1.807) is 0 Å². The molecule has 1 saturated heterocycles. The van der Waals surface area contributed by atoms with E-state index in [2.05, 4.69) is 10.0 Å². The van der Waals surface area contributed by atoms with Crippen LogP contribution in [0.4, 0.5) is 0 Å². The van der Waals surface area contributed by atoms with E-state index in [0.29, 0.717) is 0 Å². The molecule has 3 N–H and O–H groups in total. The number of carboxylic acid groups (broad SMARTS) is 1. The zero-order chi connectivity index (χ0) is 18.9. The summed E-state index contributed by atoms with van der Waals surface area (Å²) in [6.45, 7) is 0.0821. The van der Waals surface area contributed by atoms with Crippen molar-refractivity contribution in [3.8, 4) is 5.75 Å². The fourth-order valence-corrected chi connectivity index (χ4v) is 4.19. The van der Waals surface area contributed by atoms with E-state index >= 15 is 0 Å². The van der Waals surface area contributed by atoms with Crippen LogP contribution in [0, 0.1) is 0 Å². The molecule has 26 heavy (non-hydrogen) atoms. The first kappa shape index (κ1) is 18.6. The lowest BCUT2D eigenvalue weighted by atomic mass is 9.98. The summed E-state index contributed by atoms with van der Waals surface area (Å²) in [5.41, 5.74) is -1.49. The highest BCUT2D eigenvalue weighted by molar-refractivity contribution is 7.89. The van der Waals surface area contributed by atoms with Crippen LogP contribution in [0.1, 0.15) is 29.6 Å². The summed E-state index contributed by atoms with van der Waals surface area (Å²) in [6, 6.07) is 3.84. The average Bonchev–Trinajstić information content (AvgIpc) is 3.27. The molecular weight excluding hydrogens is 364 g/mol. The molecule has 2 aliphatic rings. The molecule has 1 aromatic carbocycles. The van der Waals surface area contributed by atoms with Gasteiger partial charge in [0.2, 0.25) is 10.0 Å². The molecule has 1 aliphatic heterocycles. The van der Waals surface area contributed by atoms with Crippen molar-refractivity contribution >= 4 is 21.9 Å². The molecule has 2 fully saturated rings. The van der Waals surface area contributed by atoms with E-state index in [9.17, 15) is 23.1 Å². The van der Waals surface area contributed by atoms with E-state index in [1.165, 1.54) is 25.3 Å². The normalized spacial score (nSPS) is 22.8. The van der Waals surface area contributed by atoms with E-state index in [4.69, 9.17) is 9.47 Å². The summed E-state index contributed by atoms with van der Waals surface area (Å²) in [4.78, 5) is 23.9. The minimum absolute atomic E-state index is 0.0227. The van der Waals surface area contributed by atoms with Gasteiger partial charge in [0.1, 0.15) is 10.6 Å². The van der Waals surface area contributed by atoms with Gasteiger partial charge in [-0.25, -0.2) is 17.9 Å². The van der Waals surface area contributed by atoms with Crippen molar-refractivity contribution in [2.24, 2.45) is 0 Å². The molecule has 0 bridgehead atoms. The van der Waals surface area contributed by atoms with Crippen molar-refractivity contribution in [1.82, 2.24) is 10.0 Å².